The van der Waals surface area contributed by atoms with Crippen molar-refractivity contribution < 1.29 is 9.21 Å². The van der Waals surface area contributed by atoms with E-state index in [4.69, 9.17) is 4.42 Å². The number of carbonyl (C=O) groups is 1. The maximum Gasteiger partial charge on any atom is 0.300 e. The van der Waals surface area contributed by atoms with E-state index in [1.165, 1.54) is 0 Å². The molecule has 0 bridgehead atoms. The van der Waals surface area contributed by atoms with Crippen LogP contribution in [0.25, 0.3) is 22.6 Å². The molecule has 0 saturated carbocycles. The zero-order valence-electron chi connectivity index (χ0n) is 20.8. The number of hydrogen-bond acceptors (Lipinski definition) is 8. The third kappa shape index (κ3) is 4.87. The molecule has 0 radical (unpaired) electrons. The molecular formula is C25H30N8O2. The Hall–Kier alpha value is -3.82. The van der Waals surface area contributed by atoms with Gasteiger partial charge in [0.1, 0.15) is 0 Å². The van der Waals surface area contributed by atoms with Crippen molar-refractivity contribution in [1.29, 1.82) is 0 Å². The number of nitrogens with zero attached hydrogens (tertiary/aromatic N) is 8. The van der Waals surface area contributed by atoms with Gasteiger partial charge >= 0.3 is 0 Å². The summed E-state index contributed by atoms with van der Waals surface area (Å²) in [4.78, 5) is 27.7. The molecule has 182 valence electrons. The van der Waals surface area contributed by atoms with Gasteiger partial charge in [0.05, 0.1) is 6.54 Å². The minimum atomic E-state index is 0.0125. The highest BCUT2D eigenvalue weighted by Crippen LogP contribution is 2.24. The summed E-state index contributed by atoms with van der Waals surface area (Å²) in [7, 11) is 0. The SMILES string of the molecule is Cc1ccc2oc(N3CCN(C(=O)c4ccc(-c5nnn(CC(C)(C)C)n5)c(C)c4)CC3)nc2n1. The predicted molar refractivity (Wildman–Crippen MR) is 132 cm³/mol. The van der Waals surface area contributed by atoms with E-state index in [2.05, 4.69) is 51.0 Å². The number of piperazine rings is 1. The van der Waals surface area contributed by atoms with Gasteiger partial charge in [0, 0.05) is 43.0 Å². The molecular weight excluding hydrogens is 444 g/mol. The van der Waals surface area contributed by atoms with E-state index in [9.17, 15) is 4.79 Å². The second-order valence-electron chi connectivity index (χ2n) is 10.3. The molecule has 4 heterocycles. The smallest absolute Gasteiger partial charge is 0.300 e. The molecule has 3 aromatic heterocycles. The molecule has 4 aromatic rings. The maximum absolute atomic E-state index is 13.2. The first-order valence-electron chi connectivity index (χ1n) is 11.8. The quantitative estimate of drug-likeness (QED) is 0.442. The average molecular weight is 475 g/mol. The number of pyridine rings is 1. The molecule has 5 rings (SSSR count). The number of aromatic nitrogens is 6. The maximum atomic E-state index is 13.2. The van der Waals surface area contributed by atoms with Crippen LogP contribution in [-0.4, -0.2) is 67.2 Å². The van der Waals surface area contributed by atoms with Crippen LogP contribution < -0.4 is 4.90 Å². The summed E-state index contributed by atoms with van der Waals surface area (Å²) in [5.41, 5.74) is 4.73. The fourth-order valence-electron chi connectivity index (χ4n) is 4.21. The lowest BCUT2D eigenvalue weighted by Crippen LogP contribution is -2.48. The number of fused-ring (bicyclic) bond motifs is 1. The molecule has 0 atom stereocenters. The predicted octanol–water partition coefficient (Wildman–Crippen LogP) is 3.50. The summed E-state index contributed by atoms with van der Waals surface area (Å²) >= 11 is 0. The van der Waals surface area contributed by atoms with Crippen LogP contribution in [0, 0.1) is 19.3 Å². The molecule has 10 nitrogen and oxygen atoms in total. The van der Waals surface area contributed by atoms with E-state index in [0.29, 0.717) is 61.4 Å². The Morgan fingerprint density at radius 1 is 1.03 bits per heavy atom. The van der Waals surface area contributed by atoms with E-state index in [1.807, 2.05) is 49.1 Å². The van der Waals surface area contributed by atoms with E-state index in [-0.39, 0.29) is 11.3 Å². The molecule has 10 heteroatoms. The first-order valence-corrected chi connectivity index (χ1v) is 11.8. The van der Waals surface area contributed by atoms with Crippen molar-refractivity contribution in [2.45, 2.75) is 41.2 Å². The fraction of sp³-hybridized carbons (Fsp3) is 0.440. The third-order valence-electron chi connectivity index (χ3n) is 6.00. The third-order valence-corrected chi connectivity index (χ3v) is 6.00. The monoisotopic (exact) mass is 474 g/mol. The van der Waals surface area contributed by atoms with Crippen molar-refractivity contribution in [2.75, 3.05) is 31.1 Å². The number of anilines is 1. The van der Waals surface area contributed by atoms with Crippen LogP contribution in [0.4, 0.5) is 6.01 Å². The minimum Gasteiger partial charge on any atom is -0.422 e. The summed E-state index contributed by atoms with van der Waals surface area (Å²) < 4.78 is 5.87. The lowest BCUT2D eigenvalue weighted by Gasteiger charge is -2.33. The van der Waals surface area contributed by atoms with Crippen LogP contribution in [0.3, 0.4) is 0 Å². The summed E-state index contributed by atoms with van der Waals surface area (Å²) in [5.74, 6) is 0.584. The number of amides is 1. The van der Waals surface area contributed by atoms with Gasteiger partial charge in [-0.2, -0.15) is 9.78 Å². The van der Waals surface area contributed by atoms with Gasteiger partial charge in [0.25, 0.3) is 11.9 Å². The van der Waals surface area contributed by atoms with E-state index < -0.39 is 0 Å². The number of rotatable bonds is 4. The van der Waals surface area contributed by atoms with Gasteiger partial charge in [-0.15, -0.1) is 10.2 Å². The highest BCUT2D eigenvalue weighted by molar-refractivity contribution is 5.95. The molecule has 0 spiro atoms. The zero-order valence-corrected chi connectivity index (χ0v) is 20.8. The van der Waals surface area contributed by atoms with Crippen LogP contribution in [0.15, 0.2) is 34.7 Å². The van der Waals surface area contributed by atoms with Gasteiger partial charge in [-0.05, 0) is 60.4 Å². The lowest BCUT2D eigenvalue weighted by atomic mass is 9.97. The number of aryl methyl sites for hydroxylation is 2. The molecule has 0 aliphatic carbocycles. The van der Waals surface area contributed by atoms with Gasteiger partial charge in [0.15, 0.2) is 5.58 Å². The molecule has 0 N–H and O–H groups in total. The molecule has 1 saturated heterocycles. The normalized spacial score (nSPS) is 14.7. The first-order chi connectivity index (χ1) is 16.7. The number of oxazole rings is 1. The van der Waals surface area contributed by atoms with Crippen molar-refractivity contribution >= 4 is 23.2 Å². The topological polar surface area (TPSA) is 106 Å². The van der Waals surface area contributed by atoms with Crippen molar-refractivity contribution in [3.05, 3.63) is 47.2 Å². The van der Waals surface area contributed by atoms with Crippen LogP contribution in [-0.2, 0) is 6.54 Å². The van der Waals surface area contributed by atoms with E-state index in [0.717, 1.165) is 16.8 Å². The Bertz CT molecular complexity index is 1380. The van der Waals surface area contributed by atoms with E-state index >= 15 is 0 Å². The molecule has 1 fully saturated rings. The Kier molecular flexibility index (Phi) is 5.74. The molecule has 35 heavy (non-hydrogen) atoms. The summed E-state index contributed by atoms with van der Waals surface area (Å²) in [6, 6.07) is 10.0. The highest BCUT2D eigenvalue weighted by atomic mass is 16.4. The van der Waals surface area contributed by atoms with Gasteiger partial charge in [-0.25, -0.2) is 4.98 Å². The molecule has 0 unspecified atom stereocenters. The van der Waals surface area contributed by atoms with Crippen molar-refractivity contribution in [3.8, 4) is 11.4 Å². The van der Waals surface area contributed by atoms with Crippen LogP contribution in [0.2, 0.25) is 0 Å². The van der Waals surface area contributed by atoms with E-state index in [1.54, 1.807) is 4.80 Å². The van der Waals surface area contributed by atoms with Gasteiger partial charge < -0.3 is 14.2 Å². The number of tetrazole rings is 1. The summed E-state index contributed by atoms with van der Waals surface area (Å²) in [6.45, 7) is 13.5. The second kappa shape index (κ2) is 8.75. The fourth-order valence-corrected chi connectivity index (χ4v) is 4.21. The molecule has 1 aliphatic rings. The van der Waals surface area contributed by atoms with Gasteiger partial charge in [0.2, 0.25) is 11.5 Å². The standard InChI is InChI=1S/C25H30N8O2/c1-16-14-18(7-8-19(16)21-28-30-33(29-21)15-25(3,4)5)23(34)31-10-12-32(13-11-31)24-27-22-20(35-24)9-6-17(2)26-22/h6-9,14H,10-13,15H2,1-5H3. The van der Waals surface area contributed by atoms with Crippen LogP contribution in [0.1, 0.15) is 42.4 Å². The highest BCUT2D eigenvalue weighted by Gasteiger charge is 2.25. The molecule has 1 amide bonds. The first kappa shape index (κ1) is 22.9. The van der Waals surface area contributed by atoms with Crippen LogP contribution in [0.5, 0.6) is 0 Å². The summed E-state index contributed by atoms with van der Waals surface area (Å²) in [5, 5.41) is 12.9. The minimum absolute atomic E-state index is 0.0125. The van der Waals surface area contributed by atoms with Crippen molar-refractivity contribution in [1.82, 2.24) is 35.1 Å². The van der Waals surface area contributed by atoms with Crippen LogP contribution >= 0.6 is 0 Å². The number of carbonyl (C=O) groups excluding carboxylic acids is 1. The van der Waals surface area contributed by atoms with Crippen molar-refractivity contribution in [3.63, 3.8) is 0 Å². The Balaban J connectivity index is 1.25. The Morgan fingerprint density at radius 3 is 2.51 bits per heavy atom. The largest absolute Gasteiger partial charge is 0.422 e. The second-order valence-corrected chi connectivity index (χ2v) is 10.3. The van der Waals surface area contributed by atoms with Gasteiger partial charge in [-0.3, -0.25) is 4.79 Å². The molecule has 1 aliphatic heterocycles. The number of benzene rings is 1. The zero-order chi connectivity index (χ0) is 24.7. The Morgan fingerprint density at radius 2 is 1.80 bits per heavy atom. The van der Waals surface area contributed by atoms with Gasteiger partial charge in [-0.1, -0.05) is 20.8 Å². The Labute approximate surface area is 203 Å². The lowest BCUT2D eigenvalue weighted by molar-refractivity contribution is 0.0745. The average Bonchev–Trinajstić information content (AvgIpc) is 3.44. The number of hydrogen-bond donors (Lipinski definition) is 0. The summed E-state index contributed by atoms with van der Waals surface area (Å²) in [6.07, 6.45) is 0. The van der Waals surface area contributed by atoms with Crippen molar-refractivity contribution in [2.24, 2.45) is 5.41 Å². The molecule has 1 aromatic carbocycles.